The monoisotopic (exact) mass is 519 g/mol. The molecular formula is C33H37N5O. The Labute approximate surface area is 231 Å². The van der Waals surface area contributed by atoms with Crippen molar-refractivity contribution in [1.82, 2.24) is 25.0 Å². The van der Waals surface area contributed by atoms with E-state index in [0.29, 0.717) is 6.04 Å². The van der Waals surface area contributed by atoms with Gasteiger partial charge in [-0.1, -0.05) is 78.9 Å². The fraction of sp³-hybridized carbons (Fsp3) is 0.333. The van der Waals surface area contributed by atoms with Crippen LogP contribution in [0.1, 0.15) is 48.9 Å². The number of rotatable bonds is 7. The van der Waals surface area contributed by atoms with Crippen molar-refractivity contribution in [3.63, 3.8) is 0 Å². The summed E-state index contributed by atoms with van der Waals surface area (Å²) < 4.78 is 5.09. The molecule has 3 aromatic carbocycles. The van der Waals surface area contributed by atoms with Crippen LogP contribution in [0, 0.1) is 0 Å². The van der Waals surface area contributed by atoms with Crippen LogP contribution in [0.25, 0.3) is 11.0 Å². The minimum Gasteiger partial charge on any atom is -0.352 e. The smallest absolute Gasteiger partial charge is 0.139 e. The van der Waals surface area contributed by atoms with Crippen LogP contribution in [0.2, 0.25) is 0 Å². The zero-order chi connectivity index (χ0) is 26.8. The van der Waals surface area contributed by atoms with Crippen LogP contribution in [0.5, 0.6) is 0 Å². The van der Waals surface area contributed by atoms with Gasteiger partial charge in [-0.05, 0) is 58.9 Å². The van der Waals surface area contributed by atoms with Crippen LogP contribution < -0.4 is 0 Å². The fourth-order valence-corrected chi connectivity index (χ4v) is 6.26. The molecule has 6 rings (SSSR count). The molecule has 39 heavy (non-hydrogen) atoms. The summed E-state index contributed by atoms with van der Waals surface area (Å²) in [5, 5.41) is 8.35. The molecule has 0 amide bonds. The molecule has 1 fully saturated rings. The molecule has 0 bridgehead atoms. The molecule has 1 atom stereocenters. The van der Waals surface area contributed by atoms with Gasteiger partial charge in [0.15, 0.2) is 0 Å². The molecule has 1 unspecified atom stereocenters. The first-order chi connectivity index (χ1) is 19.1. The van der Waals surface area contributed by atoms with E-state index in [1.54, 1.807) is 0 Å². The molecule has 200 valence electrons. The maximum atomic E-state index is 5.09. The lowest BCUT2D eigenvalue weighted by Gasteiger charge is -2.40. The third kappa shape index (κ3) is 5.14. The first kappa shape index (κ1) is 25.5. The number of allylic oxidation sites excluding steroid dienone is 3. The van der Waals surface area contributed by atoms with Gasteiger partial charge >= 0.3 is 0 Å². The van der Waals surface area contributed by atoms with Crippen molar-refractivity contribution in [3.05, 3.63) is 119 Å². The Hall–Kier alpha value is -3.74. The lowest BCUT2D eigenvalue weighted by molar-refractivity contribution is 0.110. The molecule has 0 N–H and O–H groups in total. The third-order valence-corrected chi connectivity index (χ3v) is 8.63. The summed E-state index contributed by atoms with van der Waals surface area (Å²) in [4.78, 5) is 7.59. The van der Waals surface area contributed by atoms with Gasteiger partial charge in [0.1, 0.15) is 11.0 Å². The lowest BCUT2D eigenvalue weighted by atomic mass is 9.84. The van der Waals surface area contributed by atoms with E-state index < -0.39 is 0 Å². The lowest BCUT2D eigenvalue weighted by Crippen LogP contribution is -2.48. The van der Waals surface area contributed by atoms with Crippen molar-refractivity contribution in [2.24, 2.45) is 0 Å². The van der Waals surface area contributed by atoms with Gasteiger partial charge in [-0.25, -0.2) is 4.63 Å². The van der Waals surface area contributed by atoms with E-state index in [-0.39, 0.29) is 5.92 Å². The Morgan fingerprint density at radius 3 is 2.15 bits per heavy atom. The van der Waals surface area contributed by atoms with Crippen LogP contribution in [-0.2, 0) is 0 Å². The van der Waals surface area contributed by atoms with E-state index in [0.717, 1.165) is 50.2 Å². The summed E-state index contributed by atoms with van der Waals surface area (Å²) in [7, 11) is 2.17. The number of hydrogen-bond acceptors (Lipinski definition) is 6. The number of piperazine rings is 1. The summed E-state index contributed by atoms with van der Waals surface area (Å²) in [5.41, 5.74) is 9.63. The second-order valence-corrected chi connectivity index (χ2v) is 10.8. The minimum absolute atomic E-state index is 0.179. The van der Waals surface area contributed by atoms with E-state index in [4.69, 9.17) is 4.63 Å². The Balaban J connectivity index is 1.17. The molecule has 0 radical (unpaired) electrons. The van der Waals surface area contributed by atoms with Gasteiger partial charge in [0.05, 0.1) is 6.04 Å². The maximum absolute atomic E-state index is 5.09. The topological polar surface area (TPSA) is 48.6 Å². The molecule has 4 aromatic rings. The first-order valence-electron chi connectivity index (χ1n) is 14.0. The number of hydrogen-bond donors (Lipinski definition) is 0. The third-order valence-electron chi connectivity index (χ3n) is 8.63. The van der Waals surface area contributed by atoms with Crippen LogP contribution >= 0.6 is 0 Å². The van der Waals surface area contributed by atoms with Crippen LogP contribution in [0.4, 0.5) is 0 Å². The molecule has 1 aromatic heterocycles. The molecule has 2 aliphatic heterocycles. The predicted octanol–water partition coefficient (Wildman–Crippen LogP) is 6.23. The molecule has 0 saturated carbocycles. The Morgan fingerprint density at radius 1 is 0.821 bits per heavy atom. The second-order valence-electron chi connectivity index (χ2n) is 10.8. The standard InChI is InChI=1S/C33H37N5O/c1-24-23-30(29-15-10-16-31-32(29)35-39-34-31)28(25(2)36(24)3)17-18-37-19-21-38(22-20-37)33(26-11-6-4-7-12-26)27-13-8-5-9-14-27/h4-16,23,30,33H,17-22H2,1-3H3. The summed E-state index contributed by atoms with van der Waals surface area (Å²) in [6.45, 7) is 9.73. The minimum atomic E-state index is 0.179. The number of fused-ring (bicyclic) bond motifs is 1. The van der Waals surface area contributed by atoms with Crippen molar-refractivity contribution in [2.75, 3.05) is 39.8 Å². The normalized spacial score (nSPS) is 19.2. The Morgan fingerprint density at radius 2 is 1.49 bits per heavy atom. The molecule has 1 saturated heterocycles. The summed E-state index contributed by atoms with van der Waals surface area (Å²) in [5.74, 6) is 0.179. The van der Waals surface area contributed by atoms with Crippen molar-refractivity contribution >= 4 is 11.0 Å². The SMILES string of the molecule is CC1=CC(c2cccc3nonc23)C(CCN2CCN(C(c3ccccc3)c3ccccc3)CC2)=C(C)N1C. The maximum Gasteiger partial charge on any atom is 0.139 e. The highest BCUT2D eigenvalue weighted by Crippen LogP contribution is 2.39. The van der Waals surface area contributed by atoms with Crippen molar-refractivity contribution in [1.29, 1.82) is 0 Å². The van der Waals surface area contributed by atoms with Crippen molar-refractivity contribution < 1.29 is 4.63 Å². The summed E-state index contributed by atoms with van der Waals surface area (Å²) >= 11 is 0. The van der Waals surface area contributed by atoms with Gasteiger partial charge in [-0.2, -0.15) is 0 Å². The van der Waals surface area contributed by atoms with Gasteiger partial charge in [0.2, 0.25) is 0 Å². The zero-order valence-electron chi connectivity index (χ0n) is 23.1. The highest BCUT2D eigenvalue weighted by Gasteiger charge is 2.29. The molecule has 0 spiro atoms. The number of benzene rings is 3. The van der Waals surface area contributed by atoms with Crippen LogP contribution in [0.3, 0.4) is 0 Å². The average Bonchev–Trinajstić information content (AvgIpc) is 3.47. The quantitative estimate of drug-likeness (QED) is 0.289. The van der Waals surface area contributed by atoms with Gasteiger partial charge < -0.3 is 9.80 Å². The number of aromatic nitrogens is 2. The first-order valence-corrected chi connectivity index (χ1v) is 14.0. The van der Waals surface area contributed by atoms with E-state index in [2.05, 4.69) is 125 Å². The molecule has 3 heterocycles. The highest BCUT2D eigenvalue weighted by atomic mass is 16.6. The molecule has 6 nitrogen and oxygen atoms in total. The number of nitrogens with zero attached hydrogens (tertiary/aromatic N) is 5. The van der Waals surface area contributed by atoms with Crippen molar-refractivity contribution in [3.8, 4) is 0 Å². The summed E-state index contributed by atoms with van der Waals surface area (Å²) in [6.07, 6.45) is 3.39. The predicted molar refractivity (Wildman–Crippen MR) is 156 cm³/mol. The highest BCUT2D eigenvalue weighted by molar-refractivity contribution is 5.78. The van der Waals surface area contributed by atoms with Gasteiger partial charge in [0.25, 0.3) is 0 Å². The fourth-order valence-electron chi connectivity index (χ4n) is 6.26. The molecular weight excluding hydrogens is 482 g/mol. The van der Waals surface area contributed by atoms with E-state index in [1.807, 2.05) is 6.07 Å². The summed E-state index contributed by atoms with van der Waals surface area (Å²) in [6, 6.07) is 28.4. The Kier molecular flexibility index (Phi) is 7.31. The van der Waals surface area contributed by atoms with E-state index >= 15 is 0 Å². The van der Waals surface area contributed by atoms with E-state index in [1.165, 1.54) is 33.7 Å². The van der Waals surface area contributed by atoms with Crippen LogP contribution in [0.15, 0.2) is 107 Å². The van der Waals surface area contributed by atoms with E-state index in [9.17, 15) is 0 Å². The van der Waals surface area contributed by atoms with Gasteiger partial charge in [-0.15, -0.1) is 0 Å². The second kappa shape index (κ2) is 11.2. The van der Waals surface area contributed by atoms with Gasteiger partial charge in [0, 0.05) is 57.1 Å². The average molecular weight is 520 g/mol. The molecule has 6 heteroatoms. The largest absolute Gasteiger partial charge is 0.352 e. The van der Waals surface area contributed by atoms with Crippen molar-refractivity contribution in [2.45, 2.75) is 32.2 Å². The van der Waals surface area contributed by atoms with Gasteiger partial charge in [-0.3, -0.25) is 4.90 Å². The zero-order valence-corrected chi connectivity index (χ0v) is 23.1. The molecule has 0 aliphatic carbocycles. The Bertz CT molecular complexity index is 1430. The molecule has 2 aliphatic rings. The van der Waals surface area contributed by atoms with Crippen LogP contribution in [-0.4, -0.2) is 64.8 Å².